The van der Waals surface area contributed by atoms with Crippen molar-refractivity contribution in [1.29, 1.82) is 0 Å². The van der Waals surface area contributed by atoms with Crippen LogP contribution in [0, 0.1) is 0 Å². The number of nitrogens with zero attached hydrogens (tertiary/aromatic N) is 1. The zero-order valence-corrected chi connectivity index (χ0v) is 10.2. The van der Waals surface area contributed by atoms with Gasteiger partial charge in [-0.3, -0.25) is 0 Å². The average molecular weight is 240 g/mol. The second kappa shape index (κ2) is 6.27. The largest absolute Gasteiger partial charge is 0.497 e. The van der Waals surface area contributed by atoms with Crippen molar-refractivity contribution in [3.8, 4) is 5.75 Å². The monoisotopic (exact) mass is 240 g/mol. The molecule has 0 spiro atoms. The van der Waals surface area contributed by atoms with Gasteiger partial charge in [0.2, 0.25) is 0 Å². The fourth-order valence-electron chi connectivity index (χ4n) is 1.26. The van der Waals surface area contributed by atoms with Gasteiger partial charge in [0.1, 0.15) is 11.6 Å². The third-order valence-electron chi connectivity index (χ3n) is 2.02. The number of thioether (sulfide) groups is 1. The van der Waals surface area contributed by atoms with Crippen LogP contribution in [0.15, 0.2) is 34.3 Å². The number of nitrogens with two attached hydrogens (primary N) is 1. The molecular weight excluding hydrogens is 224 g/mol. The SMILES string of the molecule is COc1ccc(SC(C)CC(N)=NO)cc1. The molecule has 1 aromatic carbocycles. The first-order valence-corrected chi connectivity index (χ1v) is 5.80. The van der Waals surface area contributed by atoms with Crippen molar-refractivity contribution in [2.75, 3.05) is 7.11 Å². The summed E-state index contributed by atoms with van der Waals surface area (Å²) in [5.41, 5.74) is 5.44. The predicted octanol–water partition coefficient (Wildman–Crippen LogP) is 2.31. The number of rotatable bonds is 5. The molecule has 0 saturated heterocycles. The molecule has 1 unspecified atom stereocenters. The zero-order chi connectivity index (χ0) is 12.0. The molecule has 0 amide bonds. The van der Waals surface area contributed by atoms with Crippen molar-refractivity contribution in [3.63, 3.8) is 0 Å². The first-order chi connectivity index (χ1) is 7.65. The second-order valence-corrected chi connectivity index (χ2v) is 4.91. The van der Waals surface area contributed by atoms with Gasteiger partial charge in [0.05, 0.1) is 7.11 Å². The Balaban J connectivity index is 2.52. The molecule has 0 saturated carbocycles. The highest BCUT2D eigenvalue weighted by Gasteiger charge is 2.07. The molecule has 0 fully saturated rings. The summed E-state index contributed by atoms with van der Waals surface area (Å²) in [6.07, 6.45) is 0.563. The van der Waals surface area contributed by atoms with E-state index in [1.165, 1.54) is 0 Å². The Morgan fingerprint density at radius 2 is 2.12 bits per heavy atom. The molecule has 16 heavy (non-hydrogen) atoms. The van der Waals surface area contributed by atoms with E-state index in [1.807, 2.05) is 31.2 Å². The summed E-state index contributed by atoms with van der Waals surface area (Å²) in [6.45, 7) is 2.03. The standard InChI is InChI=1S/C11H16N2O2S/c1-8(7-11(12)13-14)16-10-5-3-9(15-2)4-6-10/h3-6,8,14H,7H2,1-2H3,(H2,12,13). The van der Waals surface area contributed by atoms with Gasteiger partial charge in [-0.2, -0.15) is 0 Å². The minimum atomic E-state index is 0.258. The smallest absolute Gasteiger partial charge is 0.140 e. The molecule has 0 aliphatic rings. The molecule has 0 heterocycles. The molecule has 0 aromatic heterocycles. The molecule has 3 N–H and O–H groups in total. The van der Waals surface area contributed by atoms with Gasteiger partial charge in [0.15, 0.2) is 0 Å². The third-order valence-corrected chi connectivity index (χ3v) is 3.14. The third kappa shape index (κ3) is 4.02. The predicted molar refractivity (Wildman–Crippen MR) is 66.3 cm³/mol. The first kappa shape index (κ1) is 12.7. The van der Waals surface area contributed by atoms with Gasteiger partial charge >= 0.3 is 0 Å². The molecule has 0 bridgehead atoms. The van der Waals surface area contributed by atoms with Gasteiger partial charge < -0.3 is 15.7 Å². The fourth-order valence-corrected chi connectivity index (χ4v) is 2.28. The maximum atomic E-state index is 8.46. The van der Waals surface area contributed by atoms with Crippen LogP contribution in [0.4, 0.5) is 0 Å². The quantitative estimate of drug-likeness (QED) is 0.272. The molecule has 1 atom stereocenters. The van der Waals surface area contributed by atoms with E-state index in [2.05, 4.69) is 5.16 Å². The van der Waals surface area contributed by atoms with Gasteiger partial charge in [-0.25, -0.2) is 0 Å². The zero-order valence-electron chi connectivity index (χ0n) is 9.38. The summed E-state index contributed by atoms with van der Waals surface area (Å²) in [5.74, 6) is 1.10. The van der Waals surface area contributed by atoms with Crippen molar-refractivity contribution in [2.24, 2.45) is 10.9 Å². The molecule has 88 valence electrons. The topological polar surface area (TPSA) is 67.8 Å². The van der Waals surface area contributed by atoms with Crippen LogP contribution >= 0.6 is 11.8 Å². The van der Waals surface area contributed by atoms with Gasteiger partial charge in [0.25, 0.3) is 0 Å². The van der Waals surface area contributed by atoms with Crippen LogP contribution in [0.25, 0.3) is 0 Å². The van der Waals surface area contributed by atoms with E-state index in [-0.39, 0.29) is 11.1 Å². The van der Waals surface area contributed by atoms with Gasteiger partial charge in [-0.05, 0) is 24.3 Å². The molecular formula is C11H16N2O2S. The number of benzene rings is 1. The van der Waals surface area contributed by atoms with Crippen LogP contribution in [0.5, 0.6) is 5.75 Å². The summed E-state index contributed by atoms with van der Waals surface area (Å²) in [4.78, 5) is 1.14. The normalized spacial score (nSPS) is 13.5. The number of oxime groups is 1. The van der Waals surface area contributed by atoms with Crippen molar-refractivity contribution >= 4 is 17.6 Å². The Bertz CT molecular complexity index is 352. The first-order valence-electron chi connectivity index (χ1n) is 4.92. The van der Waals surface area contributed by atoms with Crippen LogP contribution in [-0.4, -0.2) is 23.4 Å². The minimum absolute atomic E-state index is 0.258. The maximum absolute atomic E-state index is 8.46. The van der Waals surface area contributed by atoms with Gasteiger partial charge in [-0.1, -0.05) is 12.1 Å². The highest BCUT2D eigenvalue weighted by atomic mass is 32.2. The van der Waals surface area contributed by atoms with E-state index in [0.29, 0.717) is 6.42 Å². The number of hydrogen-bond acceptors (Lipinski definition) is 4. The van der Waals surface area contributed by atoms with E-state index in [4.69, 9.17) is 15.7 Å². The van der Waals surface area contributed by atoms with Crippen molar-refractivity contribution < 1.29 is 9.94 Å². The molecule has 5 heteroatoms. The Labute approximate surface area is 99.5 Å². The Morgan fingerprint density at radius 3 is 2.62 bits per heavy atom. The number of amidine groups is 1. The van der Waals surface area contributed by atoms with Crippen LogP contribution in [-0.2, 0) is 0 Å². The van der Waals surface area contributed by atoms with Crippen molar-refractivity contribution in [2.45, 2.75) is 23.5 Å². The number of methoxy groups -OCH3 is 1. The van der Waals surface area contributed by atoms with Gasteiger partial charge in [0, 0.05) is 16.6 Å². The van der Waals surface area contributed by atoms with E-state index >= 15 is 0 Å². The van der Waals surface area contributed by atoms with Gasteiger partial charge in [-0.15, -0.1) is 11.8 Å². The number of hydrogen-bond donors (Lipinski definition) is 2. The summed E-state index contributed by atoms with van der Waals surface area (Å²) in [6, 6.07) is 7.82. The minimum Gasteiger partial charge on any atom is -0.497 e. The van der Waals surface area contributed by atoms with E-state index in [1.54, 1.807) is 18.9 Å². The van der Waals surface area contributed by atoms with Crippen LogP contribution in [0.1, 0.15) is 13.3 Å². The van der Waals surface area contributed by atoms with Crippen LogP contribution in [0.2, 0.25) is 0 Å². The Hall–Kier alpha value is -1.36. The van der Waals surface area contributed by atoms with Crippen molar-refractivity contribution in [3.05, 3.63) is 24.3 Å². The summed E-state index contributed by atoms with van der Waals surface area (Å²) in [5, 5.41) is 11.7. The molecule has 0 radical (unpaired) electrons. The van der Waals surface area contributed by atoms with E-state index in [0.717, 1.165) is 10.6 Å². The molecule has 4 nitrogen and oxygen atoms in total. The summed E-state index contributed by atoms with van der Waals surface area (Å²) < 4.78 is 5.07. The average Bonchev–Trinajstić information content (AvgIpc) is 2.29. The van der Waals surface area contributed by atoms with E-state index < -0.39 is 0 Å². The lowest BCUT2D eigenvalue weighted by molar-refractivity contribution is 0.317. The fraction of sp³-hybridized carbons (Fsp3) is 0.364. The Morgan fingerprint density at radius 1 is 1.50 bits per heavy atom. The van der Waals surface area contributed by atoms with Crippen molar-refractivity contribution in [1.82, 2.24) is 0 Å². The lowest BCUT2D eigenvalue weighted by Crippen LogP contribution is -2.16. The Kier molecular flexibility index (Phi) is 4.98. The van der Waals surface area contributed by atoms with Crippen LogP contribution in [0.3, 0.4) is 0 Å². The molecule has 1 aromatic rings. The maximum Gasteiger partial charge on any atom is 0.140 e. The van der Waals surface area contributed by atoms with Crippen LogP contribution < -0.4 is 10.5 Å². The molecule has 0 aliphatic heterocycles. The summed E-state index contributed by atoms with van der Waals surface area (Å²) >= 11 is 1.68. The highest BCUT2D eigenvalue weighted by molar-refractivity contribution is 8.00. The lowest BCUT2D eigenvalue weighted by atomic mass is 10.3. The number of ether oxygens (including phenoxy) is 1. The second-order valence-electron chi connectivity index (χ2n) is 3.40. The van der Waals surface area contributed by atoms with E-state index in [9.17, 15) is 0 Å². The molecule has 1 rings (SSSR count). The molecule has 0 aliphatic carbocycles. The summed E-state index contributed by atoms with van der Waals surface area (Å²) in [7, 11) is 1.64. The lowest BCUT2D eigenvalue weighted by Gasteiger charge is -2.10. The highest BCUT2D eigenvalue weighted by Crippen LogP contribution is 2.26.